The Hall–Kier alpha value is -2.18. The van der Waals surface area contributed by atoms with E-state index in [9.17, 15) is 18.0 Å². The number of Topliss-reactive ketones (excluding diaryl/α,β-unsaturated/α-hetero) is 1. The molecule has 0 aliphatic carbocycles. The molecule has 100 valence electrons. The fraction of sp³-hybridized carbons (Fsp3) is 0.250. The number of carbonyl (C=O) groups is 1. The average Bonchev–Trinajstić information content (AvgIpc) is 2.79. The first-order valence-corrected chi connectivity index (χ1v) is 5.40. The second kappa shape index (κ2) is 4.49. The largest absolute Gasteiger partial charge is 0.456 e. The van der Waals surface area contributed by atoms with E-state index in [2.05, 4.69) is 10.3 Å². The van der Waals surface area contributed by atoms with E-state index < -0.39 is 17.7 Å². The molecule has 1 aromatic heterocycles. The third-order valence-electron chi connectivity index (χ3n) is 2.59. The molecule has 0 fully saturated rings. The maximum atomic E-state index is 12.3. The van der Waals surface area contributed by atoms with Crippen LogP contribution in [0.25, 0.3) is 5.69 Å². The van der Waals surface area contributed by atoms with Crippen molar-refractivity contribution in [1.29, 1.82) is 0 Å². The van der Waals surface area contributed by atoms with Crippen LogP contribution in [0.3, 0.4) is 0 Å². The van der Waals surface area contributed by atoms with E-state index in [-0.39, 0.29) is 0 Å². The number of carbonyl (C=O) groups excluding carboxylic acids is 1. The SMILES string of the molecule is Cc1ccc(C)c(-n2cc(C(=O)C(F)(F)F)nn2)c1. The summed E-state index contributed by atoms with van der Waals surface area (Å²) in [6, 6.07) is 5.45. The highest BCUT2D eigenvalue weighted by Crippen LogP contribution is 2.21. The number of hydrogen-bond donors (Lipinski definition) is 0. The zero-order chi connectivity index (χ0) is 14.2. The fourth-order valence-corrected chi connectivity index (χ4v) is 1.60. The molecule has 0 atom stereocenters. The van der Waals surface area contributed by atoms with Gasteiger partial charge >= 0.3 is 6.18 Å². The lowest BCUT2D eigenvalue weighted by Crippen LogP contribution is -2.23. The van der Waals surface area contributed by atoms with Crippen LogP contribution in [0.15, 0.2) is 24.4 Å². The number of rotatable bonds is 2. The van der Waals surface area contributed by atoms with Gasteiger partial charge in [-0.05, 0) is 31.0 Å². The van der Waals surface area contributed by atoms with Crippen molar-refractivity contribution < 1.29 is 18.0 Å². The molecule has 0 spiro atoms. The molecule has 1 aromatic carbocycles. The minimum Gasteiger partial charge on any atom is -0.282 e. The van der Waals surface area contributed by atoms with Gasteiger partial charge in [0.1, 0.15) is 0 Å². The van der Waals surface area contributed by atoms with Gasteiger partial charge in [0.15, 0.2) is 5.69 Å². The van der Waals surface area contributed by atoms with Gasteiger partial charge in [-0.1, -0.05) is 17.3 Å². The second-order valence-electron chi connectivity index (χ2n) is 4.17. The van der Waals surface area contributed by atoms with Gasteiger partial charge in [-0.3, -0.25) is 4.79 Å². The highest BCUT2D eigenvalue weighted by molar-refractivity contribution is 5.98. The highest BCUT2D eigenvalue weighted by Gasteiger charge is 2.41. The van der Waals surface area contributed by atoms with E-state index in [4.69, 9.17) is 0 Å². The van der Waals surface area contributed by atoms with Crippen LogP contribution in [0.5, 0.6) is 0 Å². The molecule has 0 aliphatic heterocycles. The van der Waals surface area contributed by atoms with Gasteiger partial charge in [-0.25, -0.2) is 4.68 Å². The maximum Gasteiger partial charge on any atom is 0.456 e. The molecule has 0 saturated heterocycles. The van der Waals surface area contributed by atoms with Crippen molar-refractivity contribution in [2.45, 2.75) is 20.0 Å². The first-order chi connectivity index (χ1) is 8.79. The smallest absolute Gasteiger partial charge is 0.282 e. The Morgan fingerprint density at radius 3 is 2.58 bits per heavy atom. The molecule has 0 saturated carbocycles. The summed E-state index contributed by atoms with van der Waals surface area (Å²) in [5, 5.41) is 6.84. The molecule has 4 nitrogen and oxygen atoms in total. The molecule has 2 aromatic rings. The Morgan fingerprint density at radius 1 is 1.26 bits per heavy atom. The summed E-state index contributed by atoms with van der Waals surface area (Å²) in [6.45, 7) is 3.64. The van der Waals surface area contributed by atoms with Crippen LogP contribution in [-0.2, 0) is 0 Å². The van der Waals surface area contributed by atoms with Gasteiger partial charge in [0.2, 0.25) is 0 Å². The van der Waals surface area contributed by atoms with Crippen molar-refractivity contribution in [3.63, 3.8) is 0 Å². The van der Waals surface area contributed by atoms with Crippen LogP contribution in [-0.4, -0.2) is 27.0 Å². The molecular weight excluding hydrogens is 259 g/mol. The second-order valence-corrected chi connectivity index (χ2v) is 4.17. The van der Waals surface area contributed by atoms with Gasteiger partial charge in [-0.2, -0.15) is 13.2 Å². The van der Waals surface area contributed by atoms with Crippen LogP contribution in [0.4, 0.5) is 13.2 Å². The van der Waals surface area contributed by atoms with E-state index in [0.717, 1.165) is 17.3 Å². The number of nitrogens with zero attached hydrogens (tertiary/aromatic N) is 3. The van der Waals surface area contributed by atoms with Crippen molar-refractivity contribution in [2.75, 3.05) is 0 Å². The third kappa shape index (κ3) is 2.64. The molecule has 0 radical (unpaired) electrons. The highest BCUT2D eigenvalue weighted by atomic mass is 19.4. The van der Waals surface area contributed by atoms with E-state index >= 15 is 0 Å². The van der Waals surface area contributed by atoms with Crippen LogP contribution in [0, 0.1) is 13.8 Å². The van der Waals surface area contributed by atoms with Gasteiger partial charge < -0.3 is 0 Å². The fourth-order valence-electron chi connectivity index (χ4n) is 1.60. The van der Waals surface area contributed by atoms with Gasteiger partial charge in [0.05, 0.1) is 11.9 Å². The Kier molecular flexibility index (Phi) is 3.13. The predicted molar refractivity (Wildman–Crippen MR) is 61.2 cm³/mol. The maximum absolute atomic E-state index is 12.3. The Labute approximate surface area is 106 Å². The number of aromatic nitrogens is 3. The number of hydrogen-bond acceptors (Lipinski definition) is 3. The summed E-state index contributed by atoms with van der Waals surface area (Å²) in [4.78, 5) is 11.0. The summed E-state index contributed by atoms with van der Waals surface area (Å²) in [7, 11) is 0. The van der Waals surface area contributed by atoms with Crippen LogP contribution in [0.1, 0.15) is 21.6 Å². The molecule has 0 bridgehead atoms. The van der Waals surface area contributed by atoms with Crippen molar-refractivity contribution in [2.24, 2.45) is 0 Å². The van der Waals surface area contributed by atoms with E-state index in [1.54, 1.807) is 13.0 Å². The van der Waals surface area contributed by atoms with Crippen LogP contribution < -0.4 is 0 Å². The predicted octanol–water partition coefficient (Wildman–Crippen LogP) is 2.63. The summed E-state index contributed by atoms with van der Waals surface area (Å²) in [6.07, 6.45) is -3.96. The third-order valence-corrected chi connectivity index (χ3v) is 2.59. The topological polar surface area (TPSA) is 47.8 Å². The first-order valence-electron chi connectivity index (χ1n) is 5.40. The monoisotopic (exact) mass is 269 g/mol. The number of halogens is 3. The normalized spacial score (nSPS) is 11.6. The molecule has 0 aliphatic rings. The minimum absolute atomic E-state index is 0.591. The molecule has 2 rings (SSSR count). The summed E-state index contributed by atoms with van der Waals surface area (Å²) in [5.41, 5.74) is 1.63. The minimum atomic E-state index is -4.94. The summed E-state index contributed by atoms with van der Waals surface area (Å²) < 4.78 is 38.0. The first kappa shape index (κ1) is 13.3. The van der Waals surface area contributed by atoms with Crippen molar-refractivity contribution in [3.05, 3.63) is 41.2 Å². The van der Waals surface area contributed by atoms with Crippen LogP contribution in [0.2, 0.25) is 0 Å². The lowest BCUT2D eigenvalue weighted by Gasteiger charge is -2.05. The Balaban J connectivity index is 2.42. The number of aryl methyl sites for hydroxylation is 2. The Bertz CT molecular complexity index is 631. The summed E-state index contributed by atoms with van der Waals surface area (Å²) in [5.74, 6) is -2.00. The molecule has 1 heterocycles. The van der Waals surface area contributed by atoms with E-state index in [1.165, 1.54) is 4.68 Å². The average molecular weight is 269 g/mol. The lowest BCUT2D eigenvalue weighted by molar-refractivity contribution is -0.0888. The summed E-state index contributed by atoms with van der Waals surface area (Å²) >= 11 is 0. The lowest BCUT2D eigenvalue weighted by atomic mass is 10.1. The van der Waals surface area contributed by atoms with Gasteiger partial charge in [0.25, 0.3) is 5.78 Å². The van der Waals surface area contributed by atoms with E-state index in [0.29, 0.717) is 5.69 Å². The number of alkyl halides is 3. The molecule has 0 unspecified atom stereocenters. The van der Waals surface area contributed by atoms with Gasteiger partial charge in [0, 0.05) is 0 Å². The van der Waals surface area contributed by atoms with Crippen molar-refractivity contribution in [3.8, 4) is 5.69 Å². The zero-order valence-electron chi connectivity index (χ0n) is 10.2. The zero-order valence-corrected chi connectivity index (χ0v) is 10.2. The molecule has 7 heteroatoms. The van der Waals surface area contributed by atoms with Crippen LogP contribution >= 0.6 is 0 Å². The molecular formula is C12H10F3N3O. The number of ketones is 1. The van der Waals surface area contributed by atoms with Gasteiger partial charge in [-0.15, -0.1) is 5.10 Å². The standard InChI is InChI=1S/C12H10F3N3O/c1-7-3-4-8(2)10(5-7)18-6-9(16-17-18)11(19)12(13,14)15/h3-6H,1-2H3. The van der Waals surface area contributed by atoms with Crippen molar-refractivity contribution in [1.82, 2.24) is 15.0 Å². The van der Waals surface area contributed by atoms with Crippen molar-refractivity contribution >= 4 is 5.78 Å². The van der Waals surface area contributed by atoms with E-state index in [1.807, 2.05) is 19.1 Å². The quantitative estimate of drug-likeness (QED) is 0.787. The number of benzene rings is 1. The Morgan fingerprint density at radius 2 is 1.95 bits per heavy atom. The molecule has 19 heavy (non-hydrogen) atoms. The molecule has 0 N–H and O–H groups in total. The molecule has 0 amide bonds.